The van der Waals surface area contributed by atoms with Gasteiger partial charge in [-0.2, -0.15) is 5.10 Å². The topological polar surface area (TPSA) is 64.4 Å². The summed E-state index contributed by atoms with van der Waals surface area (Å²) in [7, 11) is 3.53. The summed E-state index contributed by atoms with van der Waals surface area (Å²) in [6.07, 6.45) is 10.8. The smallest absolute Gasteiger partial charge is 0.311 e. The first-order chi connectivity index (χ1) is 10.5. The van der Waals surface area contributed by atoms with Crippen molar-refractivity contribution in [2.24, 2.45) is 13.0 Å². The summed E-state index contributed by atoms with van der Waals surface area (Å²) in [6, 6.07) is -0.324. The molecule has 0 saturated carbocycles. The van der Waals surface area contributed by atoms with E-state index in [0.29, 0.717) is 32.3 Å². The maximum absolute atomic E-state index is 12.4. The Kier molecular flexibility index (Phi) is 5.21. The number of hydrogen-bond donors (Lipinski definition) is 0. The molecule has 1 fully saturated rings. The second-order valence-electron chi connectivity index (χ2n) is 5.52. The van der Waals surface area contributed by atoms with E-state index >= 15 is 0 Å². The van der Waals surface area contributed by atoms with Gasteiger partial charge in [0.25, 0.3) is 0 Å². The zero-order valence-corrected chi connectivity index (χ0v) is 13.0. The van der Waals surface area contributed by atoms with Crippen molar-refractivity contribution >= 4 is 11.9 Å². The van der Waals surface area contributed by atoms with Crippen LogP contribution in [0.5, 0.6) is 0 Å². The molecule has 0 bridgehead atoms. The van der Waals surface area contributed by atoms with Gasteiger partial charge in [0.2, 0.25) is 5.91 Å². The van der Waals surface area contributed by atoms with Crippen LogP contribution in [0.2, 0.25) is 0 Å². The second-order valence-corrected chi connectivity index (χ2v) is 5.52. The number of carbonyl (C=O) groups is 2. The molecule has 22 heavy (non-hydrogen) atoms. The summed E-state index contributed by atoms with van der Waals surface area (Å²) < 4.78 is 6.99. The van der Waals surface area contributed by atoms with E-state index < -0.39 is 0 Å². The van der Waals surface area contributed by atoms with E-state index in [1.165, 1.54) is 0 Å². The number of nitrogens with zero attached hydrogens (tertiary/aromatic N) is 3. The Balaban J connectivity index is 2.11. The number of terminal acetylenes is 1. The molecule has 0 radical (unpaired) electrons. The standard InChI is InChI=1S/C16H21N3O3/c1-4-5-6-9-22-16(21)13-7-8-14(20)19(3)15(13)12-10-17-18(2)11-12/h1,10-11,13,15H,5-9H2,2-3H3. The van der Waals surface area contributed by atoms with E-state index in [2.05, 4.69) is 11.0 Å². The number of rotatable bonds is 5. The Morgan fingerprint density at radius 2 is 2.32 bits per heavy atom. The van der Waals surface area contributed by atoms with Crippen LogP contribution in [0.25, 0.3) is 0 Å². The Bertz CT molecular complexity index is 588. The summed E-state index contributed by atoms with van der Waals surface area (Å²) in [6.45, 7) is 0.316. The van der Waals surface area contributed by atoms with Crippen molar-refractivity contribution in [1.82, 2.24) is 14.7 Å². The third kappa shape index (κ3) is 3.48. The number of piperidine rings is 1. The number of amides is 1. The van der Waals surface area contributed by atoms with Gasteiger partial charge in [0.1, 0.15) is 0 Å². The van der Waals surface area contributed by atoms with E-state index in [1.54, 1.807) is 29.9 Å². The molecule has 2 rings (SSSR count). The number of likely N-dealkylation sites (tertiary alicyclic amines) is 1. The minimum absolute atomic E-state index is 0.0326. The number of hydrogen-bond acceptors (Lipinski definition) is 4. The number of aromatic nitrogens is 2. The third-order valence-electron chi connectivity index (χ3n) is 3.94. The van der Waals surface area contributed by atoms with E-state index in [-0.39, 0.29) is 23.8 Å². The van der Waals surface area contributed by atoms with Gasteiger partial charge in [-0.1, -0.05) is 0 Å². The number of aryl methyl sites for hydroxylation is 1. The van der Waals surface area contributed by atoms with Crippen LogP contribution in [0.15, 0.2) is 12.4 Å². The van der Waals surface area contributed by atoms with Gasteiger partial charge in [0.05, 0.1) is 24.8 Å². The van der Waals surface area contributed by atoms with Gasteiger partial charge in [0.15, 0.2) is 0 Å². The van der Waals surface area contributed by atoms with Crippen LogP contribution in [0.1, 0.15) is 37.3 Å². The zero-order chi connectivity index (χ0) is 16.1. The lowest BCUT2D eigenvalue weighted by Gasteiger charge is -2.37. The fraction of sp³-hybridized carbons (Fsp3) is 0.562. The maximum Gasteiger partial charge on any atom is 0.311 e. The fourth-order valence-corrected chi connectivity index (χ4v) is 2.79. The summed E-state index contributed by atoms with van der Waals surface area (Å²) in [5.41, 5.74) is 0.851. The van der Waals surface area contributed by atoms with Crippen molar-refractivity contribution in [3.63, 3.8) is 0 Å². The number of carbonyl (C=O) groups excluding carboxylic acids is 2. The minimum atomic E-state index is -0.363. The van der Waals surface area contributed by atoms with Gasteiger partial charge in [0, 0.05) is 38.7 Å². The average Bonchev–Trinajstić information content (AvgIpc) is 2.92. The average molecular weight is 303 g/mol. The molecule has 6 nitrogen and oxygen atoms in total. The molecule has 0 N–H and O–H groups in total. The highest BCUT2D eigenvalue weighted by Crippen LogP contribution is 2.36. The molecule has 1 amide bonds. The molecule has 0 aliphatic carbocycles. The molecular weight excluding hydrogens is 282 g/mol. The molecule has 0 aromatic carbocycles. The molecular formula is C16H21N3O3. The largest absolute Gasteiger partial charge is 0.465 e. The van der Waals surface area contributed by atoms with Gasteiger partial charge in [-0.05, 0) is 12.8 Å². The Labute approximate surface area is 130 Å². The van der Waals surface area contributed by atoms with Crippen molar-refractivity contribution in [2.45, 2.75) is 31.7 Å². The lowest BCUT2D eigenvalue weighted by Crippen LogP contribution is -2.43. The molecule has 6 heteroatoms. The SMILES string of the molecule is C#CCCCOC(=O)C1CCC(=O)N(C)C1c1cnn(C)c1. The van der Waals surface area contributed by atoms with Crippen LogP contribution < -0.4 is 0 Å². The van der Waals surface area contributed by atoms with Gasteiger partial charge in [-0.3, -0.25) is 14.3 Å². The molecule has 1 aromatic heterocycles. The Morgan fingerprint density at radius 1 is 1.55 bits per heavy atom. The van der Waals surface area contributed by atoms with Crippen molar-refractivity contribution in [1.29, 1.82) is 0 Å². The first-order valence-corrected chi connectivity index (χ1v) is 7.39. The van der Waals surface area contributed by atoms with Crippen molar-refractivity contribution in [3.05, 3.63) is 18.0 Å². The predicted octanol–water partition coefficient (Wildman–Crippen LogP) is 1.29. The lowest BCUT2D eigenvalue weighted by molar-refractivity contribution is -0.156. The van der Waals surface area contributed by atoms with Crippen molar-refractivity contribution in [2.75, 3.05) is 13.7 Å². The molecule has 1 aliphatic rings. The lowest BCUT2D eigenvalue weighted by atomic mass is 9.86. The highest BCUT2D eigenvalue weighted by Gasteiger charge is 2.40. The quantitative estimate of drug-likeness (QED) is 0.467. The predicted molar refractivity (Wildman–Crippen MR) is 80.5 cm³/mol. The van der Waals surface area contributed by atoms with Crippen LogP contribution in [-0.4, -0.2) is 40.2 Å². The van der Waals surface area contributed by atoms with E-state index in [9.17, 15) is 9.59 Å². The normalized spacial score (nSPS) is 21.5. The maximum atomic E-state index is 12.4. The Hall–Kier alpha value is -2.29. The summed E-state index contributed by atoms with van der Waals surface area (Å²) in [5, 5.41) is 4.14. The summed E-state index contributed by atoms with van der Waals surface area (Å²) in [5.74, 6) is 1.91. The number of unbranched alkanes of at least 4 members (excludes halogenated alkanes) is 1. The monoisotopic (exact) mass is 303 g/mol. The summed E-state index contributed by atoms with van der Waals surface area (Å²) >= 11 is 0. The molecule has 0 spiro atoms. The zero-order valence-electron chi connectivity index (χ0n) is 13.0. The van der Waals surface area contributed by atoms with Crippen LogP contribution >= 0.6 is 0 Å². The number of esters is 1. The molecule has 2 atom stereocenters. The van der Waals surface area contributed by atoms with Crippen LogP contribution in [0, 0.1) is 18.3 Å². The molecule has 1 saturated heterocycles. The van der Waals surface area contributed by atoms with E-state index in [0.717, 1.165) is 5.56 Å². The van der Waals surface area contributed by atoms with Gasteiger partial charge < -0.3 is 9.64 Å². The first kappa shape index (κ1) is 16.1. The minimum Gasteiger partial charge on any atom is -0.465 e. The van der Waals surface area contributed by atoms with E-state index in [1.807, 2.05) is 6.20 Å². The third-order valence-corrected chi connectivity index (χ3v) is 3.94. The van der Waals surface area contributed by atoms with Gasteiger partial charge in [-0.15, -0.1) is 12.3 Å². The van der Waals surface area contributed by atoms with Gasteiger partial charge >= 0.3 is 5.97 Å². The molecule has 2 unspecified atom stereocenters. The summed E-state index contributed by atoms with van der Waals surface area (Å²) in [4.78, 5) is 26.0. The Morgan fingerprint density at radius 3 is 2.95 bits per heavy atom. The van der Waals surface area contributed by atoms with Crippen LogP contribution in [0.4, 0.5) is 0 Å². The van der Waals surface area contributed by atoms with Crippen LogP contribution in [-0.2, 0) is 21.4 Å². The molecule has 1 aromatic rings. The molecule has 1 aliphatic heterocycles. The molecule has 2 heterocycles. The van der Waals surface area contributed by atoms with Gasteiger partial charge in [-0.25, -0.2) is 0 Å². The van der Waals surface area contributed by atoms with Crippen molar-refractivity contribution in [3.8, 4) is 12.3 Å². The first-order valence-electron chi connectivity index (χ1n) is 7.39. The van der Waals surface area contributed by atoms with Crippen LogP contribution in [0.3, 0.4) is 0 Å². The highest BCUT2D eigenvalue weighted by molar-refractivity contribution is 5.82. The molecule has 118 valence electrons. The van der Waals surface area contributed by atoms with Crippen molar-refractivity contribution < 1.29 is 14.3 Å². The highest BCUT2D eigenvalue weighted by atomic mass is 16.5. The second kappa shape index (κ2) is 7.12. The van der Waals surface area contributed by atoms with E-state index in [4.69, 9.17) is 11.2 Å². The fourth-order valence-electron chi connectivity index (χ4n) is 2.79. The number of ether oxygens (including phenoxy) is 1.